The standard InChI is InChI=1S/C17H23F2N3O5S/c1-4-27-17(24)21-9-7-20(8-10-21)16(23)12(2)22(28(3,25)26)13-5-6-14(18)15(19)11-13/h5-6,11-12H,4,7-10H2,1-3H3. The van der Waals surface area contributed by atoms with Gasteiger partial charge in [0.15, 0.2) is 11.6 Å². The number of hydrogen-bond donors (Lipinski definition) is 0. The van der Waals surface area contributed by atoms with Crippen LogP contribution in [0.1, 0.15) is 13.8 Å². The van der Waals surface area contributed by atoms with Crippen LogP contribution in [0, 0.1) is 11.6 Å². The van der Waals surface area contributed by atoms with Crippen molar-refractivity contribution in [3.8, 4) is 0 Å². The van der Waals surface area contributed by atoms with Gasteiger partial charge in [-0.1, -0.05) is 0 Å². The molecule has 1 aliphatic heterocycles. The Labute approximate surface area is 162 Å². The smallest absolute Gasteiger partial charge is 0.409 e. The molecule has 8 nitrogen and oxygen atoms in total. The third-order valence-corrected chi connectivity index (χ3v) is 5.58. The number of halogens is 2. The van der Waals surface area contributed by atoms with E-state index in [-0.39, 0.29) is 38.5 Å². The lowest BCUT2D eigenvalue weighted by molar-refractivity contribution is -0.133. The molecule has 1 fully saturated rings. The minimum Gasteiger partial charge on any atom is -0.450 e. The van der Waals surface area contributed by atoms with Gasteiger partial charge in [-0.2, -0.15) is 0 Å². The van der Waals surface area contributed by atoms with Crippen LogP contribution in [0.2, 0.25) is 0 Å². The first-order valence-electron chi connectivity index (χ1n) is 8.71. The third kappa shape index (κ3) is 4.89. The topological polar surface area (TPSA) is 87.2 Å². The molecule has 0 N–H and O–H groups in total. The number of piperazine rings is 1. The second-order valence-corrected chi connectivity index (χ2v) is 8.20. The quantitative estimate of drug-likeness (QED) is 0.721. The van der Waals surface area contributed by atoms with Crippen molar-refractivity contribution < 1.29 is 31.5 Å². The number of rotatable bonds is 5. The van der Waals surface area contributed by atoms with Gasteiger partial charge in [0.05, 0.1) is 18.6 Å². The van der Waals surface area contributed by atoms with Gasteiger partial charge in [0.1, 0.15) is 6.04 Å². The molecule has 0 bridgehead atoms. The fourth-order valence-electron chi connectivity index (χ4n) is 3.01. The van der Waals surface area contributed by atoms with Crippen LogP contribution in [0.25, 0.3) is 0 Å². The fourth-order valence-corrected chi connectivity index (χ4v) is 4.17. The number of sulfonamides is 1. The van der Waals surface area contributed by atoms with Crippen LogP contribution in [0.4, 0.5) is 19.3 Å². The summed E-state index contributed by atoms with van der Waals surface area (Å²) in [6, 6.07) is 1.47. The molecule has 1 saturated heterocycles. The van der Waals surface area contributed by atoms with Crippen molar-refractivity contribution in [1.82, 2.24) is 9.80 Å². The predicted octanol–water partition coefficient (Wildman–Crippen LogP) is 1.42. The van der Waals surface area contributed by atoms with Gasteiger partial charge < -0.3 is 14.5 Å². The lowest BCUT2D eigenvalue weighted by atomic mass is 10.2. The molecule has 0 spiro atoms. The highest BCUT2D eigenvalue weighted by molar-refractivity contribution is 7.92. The first kappa shape index (κ1) is 21.9. The summed E-state index contributed by atoms with van der Waals surface area (Å²) in [5, 5.41) is 0. The summed E-state index contributed by atoms with van der Waals surface area (Å²) >= 11 is 0. The van der Waals surface area contributed by atoms with Crippen molar-refractivity contribution in [2.45, 2.75) is 19.9 Å². The summed E-state index contributed by atoms with van der Waals surface area (Å²) in [5.41, 5.74) is -0.146. The van der Waals surface area contributed by atoms with Crippen molar-refractivity contribution >= 4 is 27.7 Å². The highest BCUT2D eigenvalue weighted by Gasteiger charge is 2.34. The zero-order chi connectivity index (χ0) is 21.1. The van der Waals surface area contributed by atoms with Crippen LogP contribution in [0.15, 0.2) is 18.2 Å². The SMILES string of the molecule is CCOC(=O)N1CCN(C(=O)C(C)N(c2ccc(F)c(F)c2)S(C)(=O)=O)CC1. The Balaban J connectivity index is 2.17. The van der Waals surface area contributed by atoms with Crippen LogP contribution in [0.5, 0.6) is 0 Å². The maximum absolute atomic E-state index is 13.6. The highest BCUT2D eigenvalue weighted by Crippen LogP contribution is 2.24. The molecule has 1 aromatic rings. The number of amides is 2. The molecule has 28 heavy (non-hydrogen) atoms. The van der Waals surface area contributed by atoms with Crippen LogP contribution in [0.3, 0.4) is 0 Å². The van der Waals surface area contributed by atoms with E-state index in [9.17, 15) is 26.8 Å². The molecule has 1 atom stereocenters. The van der Waals surface area contributed by atoms with Gasteiger partial charge in [-0.25, -0.2) is 22.0 Å². The lowest BCUT2D eigenvalue weighted by Crippen LogP contribution is -2.56. The second kappa shape index (κ2) is 8.72. The number of benzene rings is 1. The largest absolute Gasteiger partial charge is 0.450 e. The summed E-state index contributed by atoms with van der Waals surface area (Å²) in [6.45, 7) is 4.23. The number of carbonyl (C=O) groups is 2. The minimum absolute atomic E-state index is 0.146. The van der Waals surface area contributed by atoms with Crippen molar-refractivity contribution in [2.75, 3.05) is 43.3 Å². The molecule has 2 amide bonds. The van der Waals surface area contributed by atoms with E-state index in [1.54, 1.807) is 6.92 Å². The molecule has 1 aromatic carbocycles. The summed E-state index contributed by atoms with van der Waals surface area (Å²) in [5.74, 6) is -2.83. The number of hydrogen-bond acceptors (Lipinski definition) is 5. The molecule has 2 rings (SSSR count). The number of ether oxygens (including phenoxy) is 1. The Bertz CT molecular complexity index is 841. The Morgan fingerprint density at radius 3 is 2.21 bits per heavy atom. The normalized spacial score (nSPS) is 15.9. The zero-order valence-corrected chi connectivity index (χ0v) is 16.7. The molecule has 1 aliphatic rings. The van der Waals surface area contributed by atoms with Gasteiger partial charge in [0.2, 0.25) is 15.9 Å². The first-order valence-corrected chi connectivity index (χ1v) is 10.6. The number of carbonyl (C=O) groups excluding carboxylic acids is 2. The Morgan fingerprint density at radius 2 is 1.71 bits per heavy atom. The molecule has 11 heteroatoms. The Kier molecular flexibility index (Phi) is 6.81. The second-order valence-electron chi connectivity index (χ2n) is 6.34. The van der Waals surface area contributed by atoms with E-state index in [4.69, 9.17) is 4.74 Å². The van der Waals surface area contributed by atoms with Crippen molar-refractivity contribution in [3.05, 3.63) is 29.8 Å². The summed E-state index contributed by atoms with van der Waals surface area (Å²) < 4.78 is 56.9. The maximum atomic E-state index is 13.6. The number of anilines is 1. The Morgan fingerprint density at radius 1 is 1.14 bits per heavy atom. The summed E-state index contributed by atoms with van der Waals surface area (Å²) in [4.78, 5) is 27.5. The Hall–Kier alpha value is -2.43. The van der Waals surface area contributed by atoms with Crippen LogP contribution >= 0.6 is 0 Å². The predicted molar refractivity (Wildman–Crippen MR) is 98.3 cm³/mol. The van der Waals surface area contributed by atoms with Crippen LogP contribution < -0.4 is 4.31 Å². The minimum atomic E-state index is -3.95. The molecule has 0 radical (unpaired) electrons. The third-order valence-electron chi connectivity index (χ3n) is 4.34. The van der Waals surface area contributed by atoms with Gasteiger partial charge in [-0.05, 0) is 26.0 Å². The molecule has 0 aliphatic carbocycles. The van der Waals surface area contributed by atoms with Gasteiger partial charge in [-0.15, -0.1) is 0 Å². The van der Waals surface area contributed by atoms with E-state index >= 15 is 0 Å². The lowest BCUT2D eigenvalue weighted by Gasteiger charge is -2.37. The van der Waals surface area contributed by atoms with Crippen molar-refractivity contribution in [3.63, 3.8) is 0 Å². The molecule has 156 valence electrons. The van der Waals surface area contributed by atoms with E-state index in [2.05, 4.69) is 0 Å². The monoisotopic (exact) mass is 419 g/mol. The molecule has 0 saturated carbocycles. The maximum Gasteiger partial charge on any atom is 0.409 e. The molecule has 0 aromatic heterocycles. The van der Waals surface area contributed by atoms with Crippen LogP contribution in [-0.2, 0) is 19.6 Å². The van der Waals surface area contributed by atoms with Crippen molar-refractivity contribution in [1.29, 1.82) is 0 Å². The van der Waals surface area contributed by atoms with Gasteiger partial charge >= 0.3 is 6.09 Å². The van der Waals surface area contributed by atoms with E-state index in [0.29, 0.717) is 0 Å². The molecule has 1 heterocycles. The summed E-state index contributed by atoms with van der Waals surface area (Å²) in [7, 11) is -3.95. The van der Waals surface area contributed by atoms with E-state index in [1.165, 1.54) is 16.7 Å². The van der Waals surface area contributed by atoms with E-state index in [0.717, 1.165) is 28.8 Å². The van der Waals surface area contributed by atoms with Crippen LogP contribution in [-0.4, -0.2) is 75.3 Å². The average molecular weight is 419 g/mol. The fraction of sp³-hybridized carbons (Fsp3) is 0.529. The highest BCUT2D eigenvalue weighted by atomic mass is 32.2. The van der Waals surface area contributed by atoms with E-state index in [1.807, 2.05) is 0 Å². The average Bonchev–Trinajstić information content (AvgIpc) is 2.63. The van der Waals surface area contributed by atoms with Gasteiger partial charge in [0.25, 0.3) is 0 Å². The van der Waals surface area contributed by atoms with Gasteiger partial charge in [-0.3, -0.25) is 9.10 Å². The van der Waals surface area contributed by atoms with E-state index < -0.39 is 39.7 Å². The molecular weight excluding hydrogens is 396 g/mol. The van der Waals surface area contributed by atoms with Crippen molar-refractivity contribution in [2.24, 2.45) is 0 Å². The zero-order valence-electron chi connectivity index (χ0n) is 15.9. The van der Waals surface area contributed by atoms with Gasteiger partial charge in [0, 0.05) is 32.2 Å². The molecular formula is C17H23F2N3O5S. The first-order chi connectivity index (χ1) is 13.1. The summed E-state index contributed by atoms with van der Waals surface area (Å²) in [6.07, 6.45) is 0.415. The molecule has 1 unspecified atom stereocenters. The number of nitrogens with zero attached hydrogens (tertiary/aromatic N) is 3.